The van der Waals surface area contributed by atoms with Crippen molar-refractivity contribution in [2.24, 2.45) is 5.92 Å². The largest absolute Gasteiger partial charge is 0.456 e. The molecule has 0 fully saturated rings. The van der Waals surface area contributed by atoms with E-state index in [2.05, 4.69) is 24.5 Å². The molecule has 0 bridgehead atoms. The van der Waals surface area contributed by atoms with Crippen LogP contribution in [0.5, 0.6) is 0 Å². The summed E-state index contributed by atoms with van der Waals surface area (Å²) in [6.45, 7) is 5.97. The molecule has 27 heavy (non-hydrogen) atoms. The number of carbonyl (C=O) groups is 3. The zero-order valence-electron chi connectivity index (χ0n) is 16.1. The van der Waals surface area contributed by atoms with Crippen LogP contribution in [0.2, 0.25) is 0 Å². The van der Waals surface area contributed by atoms with Gasteiger partial charge in [0.2, 0.25) is 5.91 Å². The highest BCUT2D eigenvalue weighted by Gasteiger charge is 2.29. The lowest BCUT2D eigenvalue weighted by atomic mass is 10.0. The minimum Gasteiger partial charge on any atom is -0.456 e. The van der Waals surface area contributed by atoms with E-state index >= 15 is 0 Å². The van der Waals surface area contributed by atoms with Gasteiger partial charge in [-0.2, -0.15) is 0 Å². The molecular weight excluding hydrogens is 364 g/mol. The van der Waals surface area contributed by atoms with Crippen molar-refractivity contribution in [1.82, 2.24) is 5.32 Å². The first-order valence-electron chi connectivity index (χ1n) is 9.36. The van der Waals surface area contributed by atoms with Gasteiger partial charge in [0.15, 0.2) is 6.61 Å². The van der Waals surface area contributed by atoms with Crippen molar-refractivity contribution in [2.75, 3.05) is 11.9 Å². The fourth-order valence-electron chi connectivity index (χ4n) is 2.80. The highest BCUT2D eigenvalue weighted by Crippen LogP contribution is 2.36. The van der Waals surface area contributed by atoms with Crippen molar-refractivity contribution in [3.63, 3.8) is 0 Å². The van der Waals surface area contributed by atoms with E-state index in [0.29, 0.717) is 5.92 Å². The molecular formula is C20H28N2O4S. The van der Waals surface area contributed by atoms with Crippen LogP contribution in [0.15, 0.2) is 29.2 Å². The zero-order valence-corrected chi connectivity index (χ0v) is 16.9. The van der Waals surface area contributed by atoms with Crippen molar-refractivity contribution < 1.29 is 19.1 Å². The number of hydrogen-bond donors (Lipinski definition) is 2. The van der Waals surface area contributed by atoms with Crippen LogP contribution in [0.1, 0.15) is 46.5 Å². The average Bonchev–Trinajstić information content (AvgIpc) is 2.60. The lowest BCUT2D eigenvalue weighted by molar-refractivity contribution is -0.149. The molecule has 1 aromatic carbocycles. The maximum atomic E-state index is 12.1. The number of benzene rings is 1. The van der Waals surface area contributed by atoms with Crippen molar-refractivity contribution >= 4 is 35.2 Å². The van der Waals surface area contributed by atoms with E-state index in [1.54, 1.807) is 0 Å². The van der Waals surface area contributed by atoms with Crippen LogP contribution in [0.4, 0.5) is 5.69 Å². The Labute approximate surface area is 164 Å². The SMILES string of the molecule is CC(C)CCC[C@@H](C)NC(=O)COC(=O)C[C@H]1Sc2ccccc2NC1=O. The van der Waals surface area contributed by atoms with Gasteiger partial charge in [-0.05, 0) is 31.4 Å². The molecule has 0 radical (unpaired) electrons. The van der Waals surface area contributed by atoms with Gasteiger partial charge in [-0.1, -0.05) is 38.8 Å². The number of anilines is 1. The molecule has 6 nitrogen and oxygen atoms in total. The first kappa shape index (κ1) is 21.3. The van der Waals surface area contributed by atoms with Crippen molar-refractivity contribution in [1.29, 1.82) is 0 Å². The van der Waals surface area contributed by atoms with Gasteiger partial charge in [0.1, 0.15) is 0 Å². The fraction of sp³-hybridized carbons (Fsp3) is 0.550. The molecule has 1 aliphatic rings. The summed E-state index contributed by atoms with van der Waals surface area (Å²) in [5.41, 5.74) is 0.753. The molecule has 1 aliphatic heterocycles. The van der Waals surface area contributed by atoms with E-state index < -0.39 is 11.2 Å². The Morgan fingerprint density at radius 2 is 1.96 bits per heavy atom. The lowest BCUT2D eigenvalue weighted by Gasteiger charge is -2.23. The molecule has 0 saturated heterocycles. The standard InChI is InChI=1S/C20H28N2O4S/c1-13(2)7-6-8-14(3)21-18(23)12-26-19(24)11-17-20(25)22-15-9-4-5-10-16(15)27-17/h4-5,9-10,13-14,17H,6-8,11-12H2,1-3H3,(H,21,23)(H,22,25)/t14-,17-/m1/s1. The summed E-state index contributed by atoms with van der Waals surface area (Å²) in [7, 11) is 0. The number of esters is 1. The van der Waals surface area contributed by atoms with Gasteiger partial charge in [-0.25, -0.2) is 0 Å². The second-order valence-electron chi connectivity index (χ2n) is 7.25. The van der Waals surface area contributed by atoms with Crippen molar-refractivity contribution in [2.45, 2.75) is 62.6 Å². The number of carbonyl (C=O) groups excluding carboxylic acids is 3. The first-order valence-corrected chi connectivity index (χ1v) is 10.2. The molecule has 0 aromatic heterocycles. The molecule has 1 aromatic rings. The summed E-state index contributed by atoms with van der Waals surface area (Å²) in [5.74, 6) is -0.439. The number of amides is 2. The van der Waals surface area contributed by atoms with E-state index in [0.717, 1.165) is 29.8 Å². The van der Waals surface area contributed by atoms with Crippen LogP contribution >= 0.6 is 11.8 Å². The van der Waals surface area contributed by atoms with Crippen LogP contribution in [0.3, 0.4) is 0 Å². The number of thioether (sulfide) groups is 1. The molecule has 148 valence electrons. The van der Waals surface area contributed by atoms with Gasteiger partial charge in [0.25, 0.3) is 5.91 Å². The maximum Gasteiger partial charge on any atom is 0.307 e. The molecule has 2 atom stereocenters. The highest BCUT2D eigenvalue weighted by atomic mass is 32.2. The molecule has 2 N–H and O–H groups in total. The third-order valence-corrected chi connectivity index (χ3v) is 5.52. The van der Waals surface area contributed by atoms with Gasteiger partial charge in [-0.15, -0.1) is 11.8 Å². The number of nitrogens with one attached hydrogen (secondary N) is 2. The zero-order chi connectivity index (χ0) is 19.8. The molecule has 2 rings (SSSR count). The van der Waals surface area contributed by atoms with Crippen LogP contribution < -0.4 is 10.6 Å². The normalized spacial score (nSPS) is 17.0. The summed E-state index contributed by atoms with van der Waals surface area (Å²) in [6.07, 6.45) is 3.01. The average molecular weight is 393 g/mol. The Kier molecular flexibility index (Phi) is 8.16. The Hall–Kier alpha value is -2.02. The van der Waals surface area contributed by atoms with Crippen LogP contribution in [0, 0.1) is 5.92 Å². The first-order chi connectivity index (χ1) is 12.8. The van der Waals surface area contributed by atoms with E-state index in [-0.39, 0.29) is 30.9 Å². The molecule has 0 saturated carbocycles. The minimum absolute atomic E-state index is 0.0473. The molecule has 2 amide bonds. The summed E-state index contributed by atoms with van der Waals surface area (Å²) in [5, 5.41) is 5.07. The van der Waals surface area contributed by atoms with Gasteiger partial charge in [-0.3, -0.25) is 14.4 Å². The third-order valence-electron chi connectivity index (χ3n) is 4.25. The van der Waals surface area contributed by atoms with Gasteiger partial charge < -0.3 is 15.4 Å². The third kappa shape index (κ3) is 7.25. The van der Waals surface area contributed by atoms with Gasteiger partial charge >= 0.3 is 5.97 Å². The highest BCUT2D eigenvalue weighted by molar-refractivity contribution is 8.01. The quantitative estimate of drug-likeness (QED) is 0.630. The van der Waals surface area contributed by atoms with E-state index in [1.165, 1.54) is 11.8 Å². The maximum absolute atomic E-state index is 12.1. The van der Waals surface area contributed by atoms with Crippen LogP contribution in [-0.2, 0) is 19.1 Å². The second-order valence-corrected chi connectivity index (χ2v) is 8.49. The molecule has 0 unspecified atom stereocenters. The second kappa shape index (κ2) is 10.3. The number of hydrogen-bond acceptors (Lipinski definition) is 5. The molecule has 0 spiro atoms. The summed E-state index contributed by atoms with van der Waals surface area (Å²) >= 11 is 1.34. The topological polar surface area (TPSA) is 84.5 Å². The van der Waals surface area contributed by atoms with Crippen molar-refractivity contribution in [3.05, 3.63) is 24.3 Å². The summed E-state index contributed by atoms with van der Waals surface area (Å²) in [6, 6.07) is 7.49. The lowest BCUT2D eigenvalue weighted by Crippen LogP contribution is -2.36. The predicted molar refractivity (Wildman–Crippen MR) is 107 cm³/mol. The molecule has 1 heterocycles. The van der Waals surface area contributed by atoms with E-state index in [4.69, 9.17) is 4.74 Å². The summed E-state index contributed by atoms with van der Waals surface area (Å²) < 4.78 is 5.04. The summed E-state index contributed by atoms with van der Waals surface area (Å²) in [4.78, 5) is 36.9. The minimum atomic E-state index is -0.551. The number of fused-ring (bicyclic) bond motifs is 1. The van der Waals surface area contributed by atoms with E-state index in [9.17, 15) is 14.4 Å². The number of rotatable bonds is 9. The molecule has 7 heteroatoms. The Balaban J connectivity index is 1.70. The van der Waals surface area contributed by atoms with Crippen LogP contribution in [0.25, 0.3) is 0 Å². The number of para-hydroxylation sites is 1. The van der Waals surface area contributed by atoms with Crippen molar-refractivity contribution in [3.8, 4) is 0 Å². The Bertz CT molecular complexity index is 678. The smallest absolute Gasteiger partial charge is 0.307 e. The molecule has 0 aliphatic carbocycles. The number of ether oxygens (including phenoxy) is 1. The van der Waals surface area contributed by atoms with Crippen LogP contribution in [-0.4, -0.2) is 35.7 Å². The Morgan fingerprint density at radius 1 is 1.22 bits per heavy atom. The van der Waals surface area contributed by atoms with Gasteiger partial charge in [0, 0.05) is 10.9 Å². The van der Waals surface area contributed by atoms with Gasteiger partial charge in [0.05, 0.1) is 17.4 Å². The van der Waals surface area contributed by atoms with E-state index in [1.807, 2.05) is 31.2 Å². The Morgan fingerprint density at radius 3 is 2.70 bits per heavy atom. The monoisotopic (exact) mass is 392 g/mol. The fourth-order valence-corrected chi connectivity index (χ4v) is 3.90. The predicted octanol–water partition coefficient (Wildman–Crippen LogP) is 3.36.